The molecule has 0 bridgehead atoms. The summed E-state index contributed by atoms with van der Waals surface area (Å²) in [4.78, 5) is 0. The zero-order valence-corrected chi connectivity index (χ0v) is 12.8. The third kappa shape index (κ3) is 6.81. The average Bonchev–Trinajstić information content (AvgIpc) is 2.37. The predicted octanol–water partition coefficient (Wildman–Crippen LogP) is 2.74. The molecule has 87 valence electrons. The molecule has 0 aliphatic heterocycles. The molecule has 0 aliphatic carbocycles. The first-order chi connectivity index (χ1) is 7.88. The van der Waals surface area contributed by atoms with E-state index >= 15 is 0 Å². The van der Waals surface area contributed by atoms with Crippen LogP contribution in [0.25, 0.3) is 10.8 Å². The van der Waals surface area contributed by atoms with Crippen molar-refractivity contribution in [2.75, 3.05) is 27.4 Å². The van der Waals surface area contributed by atoms with Crippen molar-refractivity contribution in [3.05, 3.63) is 48.5 Å². The summed E-state index contributed by atoms with van der Waals surface area (Å²) in [6.45, 7) is 1.38. The van der Waals surface area contributed by atoms with Crippen molar-refractivity contribution in [3.63, 3.8) is 0 Å². The molecule has 0 aromatic heterocycles. The second kappa shape index (κ2) is 10.8. The molecule has 0 heterocycles. The van der Waals surface area contributed by atoms with Gasteiger partial charge in [0, 0.05) is 43.8 Å². The van der Waals surface area contributed by atoms with Crippen molar-refractivity contribution in [2.24, 2.45) is 0 Å². The fraction of sp³-hybridized carbons (Fsp3) is 0.286. The van der Waals surface area contributed by atoms with Crippen molar-refractivity contribution >= 4 is 40.3 Å². The predicted molar refractivity (Wildman–Crippen MR) is 73.5 cm³/mol. The van der Waals surface area contributed by atoms with Gasteiger partial charge in [-0.2, -0.15) is 0 Å². The number of ether oxygens (including phenoxy) is 2. The van der Waals surface area contributed by atoms with Gasteiger partial charge in [0.25, 0.3) is 0 Å². The Morgan fingerprint density at radius 1 is 0.706 bits per heavy atom. The Morgan fingerprint density at radius 3 is 1.24 bits per heavy atom. The van der Waals surface area contributed by atoms with Crippen LogP contribution in [0.2, 0.25) is 0 Å². The Morgan fingerprint density at radius 2 is 1.00 bits per heavy atom. The van der Waals surface area contributed by atoms with E-state index in [1.807, 2.05) is 0 Å². The Bertz CT molecular complexity index is 335. The van der Waals surface area contributed by atoms with E-state index in [2.05, 4.69) is 58.0 Å². The summed E-state index contributed by atoms with van der Waals surface area (Å²) in [5.74, 6) is 0. The first kappa shape index (κ1) is 16.6. The maximum atomic E-state index is 4.66. The monoisotopic (exact) mass is 241 g/mol. The fourth-order valence-electron chi connectivity index (χ4n) is 1.30. The second-order valence-corrected chi connectivity index (χ2v) is 3.33. The van der Waals surface area contributed by atoms with Gasteiger partial charge in [0.1, 0.15) is 0 Å². The Hall–Kier alpha value is -0.380. The zero-order valence-electron chi connectivity index (χ0n) is 10.8. The van der Waals surface area contributed by atoms with Gasteiger partial charge in [-0.3, -0.25) is 0 Å². The van der Waals surface area contributed by atoms with Gasteiger partial charge in [0.2, 0.25) is 0 Å². The second-order valence-electron chi connectivity index (χ2n) is 3.33. The maximum Gasteiger partial charge on any atom is 0.0696 e. The van der Waals surface area contributed by atoms with Crippen molar-refractivity contribution in [1.29, 1.82) is 0 Å². The SMILES string of the molecule is COCCOC.[Na].c1ccc2ccccc2c1. The summed E-state index contributed by atoms with van der Waals surface area (Å²) in [6.07, 6.45) is 0. The van der Waals surface area contributed by atoms with Crippen LogP contribution in [-0.2, 0) is 9.47 Å². The van der Waals surface area contributed by atoms with Crippen molar-refractivity contribution in [1.82, 2.24) is 0 Å². The number of hydrogen-bond acceptors (Lipinski definition) is 2. The molecular formula is C14H18NaO2. The topological polar surface area (TPSA) is 18.5 Å². The van der Waals surface area contributed by atoms with E-state index in [4.69, 9.17) is 0 Å². The van der Waals surface area contributed by atoms with Crippen molar-refractivity contribution in [2.45, 2.75) is 0 Å². The summed E-state index contributed by atoms with van der Waals surface area (Å²) >= 11 is 0. The van der Waals surface area contributed by atoms with E-state index in [1.54, 1.807) is 14.2 Å². The molecule has 2 aromatic rings. The van der Waals surface area contributed by atoms with Gasteiger partial charge in [-0.1, -0.05) is 48.5 Å². The molecular weight excluding hydrogens is 223 g/mol. The van der Waals surface area contributed by atoms with Crippen LogP contribution in [0.4, 0.5) is 0 Å². The third-order valence-corrected chi connectivity index (χ3v) is 2.15. The molecule has 2 nitrogen and oxygen atoms in total. The van der Waals surface area contributed by atoms with Gasteiger partial charge in [0.05, 0.1) is 13.2 Å². The molecule has 0 N–H and O–H groups in total. The van der Waals surface area contributed by atoms with Crippen LogP contribution >= 0.6 is 0 Å². The Kier molecular flexibility index (Phi) is 10.5. The van der Waals surface area contributed by atoms with E-state index in [0.29, 0.717) is 13.2 Å². The quantitative estimate of drug-likeness (QED) is 0.607. The van der Waals surface area contributed by atoms with Gasteiger partial charge < -0.3 is 9.47 Å². The summed E-state index contributed by atoms with van der Waals surface area (Å²) in [5, 5.41) is 2.62. The maximum absolute atomic E-state index is 4.66. The molecule has 0 aliphatic rings. The van der Waals surface area contributed by atoms with Crippen LogP contribution in [0.5, 0.6) is 0 Å². The van der Waals surface area contributed by atoms with Gasteiger partial charge in [0.15, 0.2) is 0 Å². The number of benzene rings is 2. The van der Waals surface area contributed by atoms with Gasteiger partial charge >= 0.3 is 0 Å². The third-order valence-electron chi connectivity index (χ3n) is 2.15. The fourth-order valence-corrected chi connectivity index (χ4v) is 1.30. The summed E-state index contributed by atoms with van der Waals surface area (Å²) < 4.78 is 9.31. The molecule has 2 rings (SSSR count). The molecule has 0 saturated carbocycles. The number of hydrogen-bond donors (Lipinski definition) is 0. The molecule has 0 fully saturated rings. The van der Waals surface area contributed by atoms with Crippen molar-refractivity contribution in [3.8, 4) is 0 Å². The number of fused-ring (bicyclic) bond motifs is 1. The van der Waals surface area contributed by atoms with Crippen LogP contribution in [0.15, 0.2) is 48.5 Å². The van der Waals surface area contributed by atoms with E-state index < -0.39 is 0 Å². The van der Waals surface area contributed by atoms with Crippen LogP contribution in [-0.4, -0.2) is 57.0 Å². The number of rotatable bonds is 3. The molecule has 3 heteroatoms. The molecule has 1 radical (unpaired) electrons. The Labute approximate surface area is 125 Å². The van der Waals surface area contributed by atoms with Crippen LogP contribution in [0, 0.1) is 0 Å². The smallest absolute Gasteiger partial charge is 0.0696 e. The van der Waals surface area contributed by atoms with Gasteiger partial charge in [-0.05, 0) is 10.8 Å². The van der Waals surface area contributed by atoms with Crippen molar-refractivity contribution < 1.29 is 9.47 Å². The number of methoxy groups -OCH3 is 2. The largest absolute Gasteiger partial charge is 0.382 e. The van der Waals surface area contributed by atoms with Gasteiger partial charge in [-0.15, -0.1) is 0 Å². The Balaban J connectivity index is 0.000000324. The minimum atomic E-state index is 0. The standard InChI is InChI=1S/C10H8.C4H10O2.Na/c1-2-6-10-8-4-3-7-9(10)5-1;1-5-3-4-6-2;/h1-8H;3-4H2,1-2H3;. The normalized spacial score (nSPS) is 9.06. The van der Waals surface area contributed by atoms with Crippen LogP contribution in [0.1, 0.15) is 0 Å². The molecule has 17 heavy (non-hydrogen) atoms. The first-order valence-corrected chi connectivity index (χ1v) is 5.30. The minimum Gasteiger partial charge on any atom is -0.382 e. The molecule has 2 aromatic carbocycles. The van der Waals surface area contributed by atoms with Crippen LogP contribution < -0.4 is 0 Å². The molecule has 0 saturated heterocycles. The van der Waals surface area contributed by atoms with E-state index in [9.17, 15) is 0 Å². The summed E-state index contributed by atoms with van der Waals surface area (Å²) in [7, 11) is 3.30. The molecule has 0 amide bonds. The summed E-state index contributed by atoms with van der Waals surface area (Å²) in [5.41, 5.74) is 0. The minimum absolute atomic E-state index is 0. The van der Waals surface area contributed by atoms with E-state index in [0.717, 1.165) is 0 Å². The molecule has 0 unspecified atom stereocenters. The molecule has 0 spiro atoms. The summed E-state index contributed by atoms with van der Waals surface area (Å²) in [6, 6.07) is 16.7. The van der Waals surface area contributed by atoms with Crippen LogP contribution in [0.3, 0.4) is 0 Å². The van der Waals surface area contributed by atoms with E-state index in [1.165, 1.54) is 10.8 Å². The molecule has 0 atom stereocenters. The van der Waals surface area contributed by atoms with Gasteiger partial charge in [-0.25, -0.2) is 0 Å². The average molecular weight is 241 g/mol. The van der Waals surface area contributed by atoms with E-state index in [-0.39, 0.29) is 29.6 Å². The first-order valence-electron chi connectivity index (χ1n) is 5.30. The zero-order chi connectivity index (χ0) is 11.6.